The molecule has 0 aromatic carbocycles. The molecule has 0 radical (unpaired) electrons. The van der Waals surface area contributed by atoms with Crippen molar-refractivity contribution in [3.8, 4) is 0 Å². The minimum atomic E-state index is 0.0986. The zero-order valence-electron chi connectivity index (χ0n) is 10.8. The van der Waals surface area contributed by atoms with Crippen molar-refractivity contribution in [2.45, 2.75) is 39.7 Å². The summed E-state index contributed by atoms with van der Waals surface area (Å²) < 4.78 is 0. The maximum Gasteiger partial charge on any atom is 0.129 e. The Labute approximate surface area is 103 Å². The highest BCUT2D eigenvalue weighted by atomic mass is 16.3. The van der Waals surface area contributed by atoms with Crippen molar-refractivity contribution < 1.29 is 5.11 Å². The van der Waals surface area contributed by atoms with Crippen LogP contribution in [0.3, 0.4) is 0 Å². The Bertz CT molecular complexity index is 378. The third-order valence-electron chi connectivity index (χ3n) is 3.60. The number of aromatic nitrogens is 1. The molecule has 1 aliphatic rings. The van der Waals surface area contributed by atoms with Gasteiger partial charge in [-0.3, -0.25) is 0 Å². The van der Waals surface area contributed by atoms with Crippen molar-refractivity contribution in [1.82, 2.24) is 4.98 Å². The van der Waals surface area contributed by atoms with E-state index in [0.29, 0.717) is 0 Å². The fraction of sp³-hybridized carbons (Fsp3) is 0.643. The van der Waals surface area contributed by atoms with Crippen molar-refractivity contribution in [3.05, 3.63) is 23.4 Å². The molecule has 2 heterocycles. The highest BCUT2D eigenvalue weighted by Gasteiger charge is 2.19. The van der Waals surface area contributed by atoms with E-state index in [1.807, 2.05) is 19.1 Å². The number of hydrogen-bond acceptors (Lipinski definition) is 3. The number of pyridine rings is 1. The molecule has 1 fully saturated rings. The summed E-state index contributed by atoms with van der Waals surface area (Å²) in [6.07, 6.45) is 3.84. The summed E-state index contributed by atoms with van der Waals surface area (Å²) in [5.41, 5.74) is 1.95. The molecule has 1 aromatic heterocycles. The third-order valence-corrected chi connectivity index (χ3v) is 3.60. The van der Waals surface area contributed by atoms with Gasteiger partial charge in [0.1, 0.15) is 5.82 Å². The van der Waals surface area contributed by atoms with Gasteiger partial charge in [0.25, 0.3) is 0 Å². The van der Waals surface area contributed by atoms with E-state index in [0.717, 1.165) is 36.1 Å². The van der Waals surface area contributed by atoms with Crippen molar-refractivity contribution in [1.29, 1.82) is 0 Å². The highest BCUT2D eigenvalue weighted by molar-refractivity contribution is 5.43. The lowest BCUT2D eigenvalue weighted by atomic mass is 9.95. The average Bonchev–Trinajstić information content (AvgIpc) is 2.38. The van der Waals surface area contributed by atoms with Gasteiger partial charge < -0.3 is 10.0 Å². The first-order valence-corrected chi connectivity index (χ1v) is 6.56. The van der Waals surface area contributed by atoms with Crippen LogP contribution in [0.15, 0.2) is 12.1 Å². The van der Waals surface area contributed by atoms with Crippen molar-refractivity contribution >= 4 is 5.82 Å². The maximum absolute atomic E-state index is 9.24. The second-order valence-corrected chi connectivity index (χ2v) is 5.00. The van der Waals surface area contributed by atoms with Crippen LogP contribution in [0.1, 0.15) is 37.4 Å². The van der Waals surface area contributed by atoms with Gasteiger partial charge in [-0.25, -0.2) is 4.98 Å². The van der Waals surface area contributed by atoms with Crippen LogP contribution in [-0.4, -0.2) is 23.2 Å². The molecule has 0 aliphatic carbocycles. The summed E-state index contributed by atoms with van der Waals surface area (Å²) >= 11 is 0. The molecule has 0 spiro atoms. The molecule has 3 nitrogen and oxygen atoms in total. The summed E-state index contributed by atoms with van der Waals surface area (Å²) in [6, 6.07) is 3.97. The first kappa shape index (κ1) is 12.4. The van der Waals surface area contributed by atoms with Gasteiger partial charge in [0.2, 0.25) is 0 Å². The van der Waals surface area contributed by atoms with E-state index in [9.17, 15) is 5.11 Å². The fourth-order valence-electron chi connectivity index (χ4n) is 2.58. The van der Waals surface area contributed by atoms with Gasteiger partial charge in [-0.1, -0.05) is 13.3 Å². The van der Waals surface area contributed by atoms with Gasteiger partial charge in [-0.05, 0) is 43.4 Å². The van der Waals surface area contributed by atoms with E-state index >= 15 is 0 Å². The SMILES string of the molecule is CCC1CCCN(c2cc(CO)cc(C)n2)C1. The van der Waals surface area contributed by atoms with E-state index in [2.05, 4.69) is 16.8 Å². The second-order valence-electron chi connectivity index (χ2n) is 5.00. The molecule has 1 unspecified atom stereocenters. The lowest BCUT2D eigenvalue weighted by molar-refractivity contribution is 0.281. The Morgan fingerprint density at radius 2 is 2.29 bits per heavy atom. The van der Waals surface area contributed by atoms with Crippen LogP contribution in [0.5, 0.6) is 0 Å². The number of rotatable bonds is 3. The molecule has 0 amide bonds. The van der Waals surface area contributed by atoms with Gasteiger partial charge >= 0.3 is 0 Å². The van der Waals surface area contributed by atoms with Gasteiger partial charge in [-0.2, -0.15) is 0 Å². The first-order chi connectivity index (χ1) is 8.22. The molecule has 1 N–H and O–H groups in total. The molecule has 3 heteroatoms. The van der Waals surface area contributed by atoms with Crippen LogP contribution in [0.2, 0.25) is 0 Å². The van der Waals surface area contributed by atoms with Gasteiger partial charge in [0.15, 0.2) is 0 Å². The summed E-state index contributed by atoms with van der Waals surface area (Å²) in [5.74, 6) is 1.83. The van der Waals surface area contributed by atoms with Crippen molar-refractivity contribution in [2.75, 3.05) is 18.0 Å². The number of anilines is 1. The molecular formula is C14H22N2O. The second kappa shape index (κ2) is 5.50. The standard InChI is InChI=1S/C14H22N2O/c1-3-12-5-4-6-16(9-12)14-8-13(10-17)7-11(2)15-14/h7-8,12,17H,3-6,9-10H2,1-2H3. The van der Waals surface area contributed by atoms with Gasteiger partial charge in [-0.15, -0.1) is 0 Å². The zero-order valence-corrected chi connectivity index (χ0v) is 10.8. The van der Waals surface area contributed by atoms with E-state index < -0.39 is 0 Å². The van der Waals surface area contributed by atoms with E-state index in [-0.39, 0.29) is 6.61 Å². The van der Waals surface area contributed by atoms with Crippen LogP contribution in [0.4, 0.5) is 5.82 Å². The smallest absolute Gasteiger partial charge is 0.129 e. The van der Waals surface area contributed by atoms with Crippen LogP contribution >= 0.6 is 0 Å². The Morgan fingerprint density at radius 3 is 3.00 bits per heavy atom. The molecule has 17 heavy (non-hydrogen) atoms. The third kappa shape index (κ3) is 2.97. The summed E-state index contributed by atoms with van der Waals surface area (Å²) in [7, 11) is 0. The summed E-state index contributed by atoms with van der Waals surface area (Å²) in [4.78, 5) is 6.95. The predicted octanol–water partition coefficient (Wildman–Crippen LogP) is 2.51. The van der Waals surface area contributed by atoms with E-state index in [1.54, 1.807) is 0 Å². The van der Waals surface area contributed by atoms with E-state index in [1.165, 1.54) is 19.3 Å². The van der Waals surface area contributed by atoms with Crippen LogP contribution in [0, 0.1) is 12.8 Å². The quantitative estimate of drug-likeness (QED) is 0.873. The minimum Gasteiger partial charge on any atom is -0.392 e. The Hall–Kier alpha value is -1.09. The molecule has 0 bridgehead atoms. The lowest BCUT2D eigenvalue weighted by Crippen LogP contribution is -2.35. The lowest BCUT2D eigenvalue weighted by Gasteiger charge is -2.33. The monoisotopic (exact) mass is 234 g/mol. The molecule has 1 aromatic rings. The average molecular weight is 234 g/mol. The minimum absolute atomic E-state index is 0.0986. The largest absolute Gasteiger partial charge is 0.392 e. The van der Waals surface area contributed by atoms with Crippen LogP contribution in [-0.2, 0) is 6.61 Å². The molecule has 0 saturated carbocycles. The Balaban J connectivity index is 2.18. The number of aryl methyl sites for hydroxylation is 1. The van der Waals surface area contributed by atoms with E-state index in [4.69, 9.17) is 0 Å². The number of piperidine rings is 1. The van der Waals surface area contributed by atoms with Gasteiger partial charge in [0, 0.05) is 18.8 Å². The summed E-state index contributed by atoms with van der Waals surface area (Å²) in [5, 5.41) is 9.24. The van der Waals surface area contributed by atoms with Gasteiger partial charge in [0.05, 0.1) is 6.61 Å². The molecule has 1 atom stereocenters. The Morgan fingerprint density at radius 1 is 1.47 bits per heavy atom. The predicted molar refractivity (Wildman–Crippen MR) is 70.1 cm³/mol. The molecule has 1 saturated heterocycles. The molecule has 94 valence electrons. The van der Waals surface area contributed by atoms with Crippen LogP contribution in [0.25, 0.3) is 0 Å². The topological polar surface area (TPSA) is 36.4 Å². The molecular weight excluding hydrogens is 212 g/mol. The van der Waals surface area contributed by atoms with Crippen molar-refractivity contribution in [3.63, 3.8) is 0 Å². The van der Waals surface area contributed by atoms with Crippen molar-refractivity contribution in [2.24, 2.45) is 5.92 Å². The molecule has 2 rings (SSSR count). The fourth-order valence-corrected chi connectivity index (χ4v) is 2.58. The number of nitrogens with zero attached hydrogens (tertiary/aromatic N) is 2. The normalized spacial score (nSPS) is 20.6. The number of aliphatic hydroxyl groups excluding tert-OH is 1. The maximum atomic E-state index is 9.24. The highest BCUT2D eigenvalue weighted by Crippen LogP contribution is 2.24. The first-order valence-electron chi connectivity index (χ1n) is 6.56. The van der Waals surface area contributed by atoms with Crippen LogP contribution < -0.4 is 4.90 Å². The summed E-state index contributed by atoms with van der Waals surface area (Å²) in [6.45, 7) is 6.55. The number of aliphatic hydroxyl groups is 1. The zero-order chi connectivity index (χ0) is 12.3. The Kier molecular flexibility index (Phi) is 4.00. The number of hydrogen-bond donors (Lipinski definition) is 1. The molecule has 1 aliphatic heterocycles.